The van der Waals surface area contributed by atoms with Crippen LogP contribution in [0.4, 0.5) is 0 Å². The summed E-state index contributed by atoms with van der Waals surface area (Å²) in [4.78, 5) is 0. The van der Waals surface area contributed by atoms with Crippen molar-refractivity contribution >= 4 is 0 Å². The summed E-state index contributed by atoms with van der Waals surface area (Å²) in [5, 5.41) is 16.0. The number of hydrogen-bond donors (Lipinski definition) is 2. The molecule has 62 valence electrons. The van der Waals surface area contributed by atoms with Gasteiger partial charge in [-0.1, -0.05) is 5.21 Å². The van der Waals surface area contributed by atoms with Crippen molar-refractivity contribution in [2.75, 3.05) is 0 Å². The molecule has 0 aliphatic carbocycles. The average molecular weight is 156 g/mol. The Morgan fingerprint density at radius 1 is 1.73 bits per heavy atom. The van der Waals surface area contributed by atoms with Crippen molar-refractivity contribution in [3.05, 3.63) is 11.9 Å². The molecule has 0 aromatic carbocycles. The molecule has 0 saturated heterocycles. The van der Waals surface area contributed by atoms with Gasteiger partial charge in [-0.2, -0.15) is 5.48 Å². The maximum atomic E-state index is 8.34. The minimum absolute atomic E-state index is 0.315. The summed E-state index contributed by atoms with van der Waals surface area (Å²) < 4.78 is 1.74. The fourth-order valence-electron chi connectivity index (χ4n) is 0.728. The van der Waals surface area contributed by atoms with Gasteiger partial charge in [0.15, 0.2) is 0 Å². The maximum Gasteiger partial charge on any atom is 0.0988 e. The lowest BCUT2D eigenvalue weighted by atomic mass is 10.4. The molecule has 5 nitrogen and oxygen atoms in total. The highest BCUT2D eigenvalue weighted by atomic mass is 16.5. The highest BCUT2D eigenvalue weighted by molar-refractivity contribution is 4.91. The van der Waals surface area contributed by atoms with E-state index in [2.05, 4.69) is 10.3 Å². The average Bonchev–Trinajstić information content (AvgIpc) is 2.37. The summed E-state index contributed by atoms with van der Waals surface area (Å²) in [7, 11) is 0. The quantitative estimate of drug-likeness (QED) is 0.619. The van der Waals surface area contributed by atoms with E-state index in [1.807, 2.05) is 19.3 Å². The minimum atomic E-state index is 0.315. The van der Waals surface area contributed by atoms with Crippen LogP contribution in [0.25, 0.3) is 0 Å². The lowest BCUT2D eigenvalue weighted by molar-refractivity contribution is 0.160. The monoisotopic (exact) mass is 156 g/mol. The number of hydrogen-bond acceptors (Lipinski definition) is 4. The summed E-state index contributed by atoms with van der Waals surface area (Å²) in [5.74, 6) is 0. The molecular weight excluding hydrogens is 144 g/mol. The van der Waals surface area contributed by atoms with Crippen LogP contribution < -0.4 is 5.48 Å². The smallest absolute Gasteiger partial charge is 0.0988 e. The van der Waals surface area contributed by atoms with E-state index >= 15 is 0 Å². The SMILES string of the molecule is CC(C)n1cc(CNO)nn1. The van der Waals surface area contributed by atoms with Crippen molar-refractivity contribution in [2.45, 2.75) is 26.4 Å². The molecular formula is C6H12N4O. The first-order chi connectivity index (χ1) is 5.24. The molecule has 2 N–H and O–H groups in total. The van der Waals surface area contributed by atoms with Gasteiger partial charge in [0.2, 0.25) is 0 Å². The normalized spacial score (nSPS) is 10.9. The van der Waals surface area contributed by atoms with E-state index < -0.39 is 0 Å². The number of aromatic nitrogens is 3. The number of rotatable bonds is 3. The van der Waals surface area contributed by atoms with E-state index in [1.54, 1.807) is 10.9 Å². The van der Waals surface area contributed by atoms with Crippen molar-refractivity contribution in [1.82, 2.24) is 20.5 Å². The van der Waals surface area contributed by atoms with E-state index in [4.69, 9.17) is 5.21 Å². The molecule has 0 bridgehead atoms. The Hall–Kier alpha value is -0.940. The van der Waals surface area contributed by atoms with Gasteiger partial charge >= 0.3 is 0 Å². The van der Waals surface area contributed by atoms with Crippen LogP contribution in [0.5, 0.6) is 0 Å². The second kappa shape index (κ2) is 3.45. The highest BCUT2D eigenvalue weighted by Gasteiger charge is 2.01. The van der Waals surface area contributed by atoms with Crippen LogP contribution in [0, 0.1) is 0 Å². The van der Waals surface area contributed by atoms with Crippen molar-refractivity contribution in [3.63, 3.8) is 0 Å². The minimum Gasteiger partial charge on any atom is -0.316 e. The molecule has 1 rings (SSSR count). The number of nitrogens with one attached hydrogen (secondary N) is 1. The number of hydroxylamine groups is 1. The second-order valence-corrected chi connectivity index (χ2v) is 2.62. The van der Waals surface area contributed by atoms with E-state index in [0.717, 1.165) is 5.69 Å². The van der Waals surface area contributed by atoms with Crippen LogP contribution in [-0.4, -0.2) is 20.2 Å². The van der Waals surface area contributed by atoms with Gasteiger partial charge in [-0.3, -0.25) is 0 Å². The Balaban J connectivity index is 2.66. The first kappa shape index (κ1) is 8.16. The zero-order valence-corrected chi connectivity index (χ0v) is 6.65. The van der Waals surface area contributed by atoms with E-state index in [0.29, 0.717) is 12.6 Å². The topological polar surface area (TPSA) is 63.0 Å². The standard InChI is InChI=1S/C6H12N4O/c1-5(2)10-4-6(3-7-11)8-9-10/h4-5,7,11H,3H2,1-2H3. The van der Waals surface area contributed by atoms with Gasteiger partial charge in [-0.05, 0) is 13.8 Å². The third kappa shape index (κ3) is 1.99. The van der Waals surface area contributed by atoms with Gasteiger partial charge in [0.25, 0.3) is 0 Å². The Bertz CT molecular complexity index is 220. The summed E-state index contributed by atoms with van der Waals surface area (Å²) in [5.41, 5.74) is 2.76. The van der Waals surface area contributed by atoms with Gasteiger partial charge in [-0.25, -0.2) is 4.68 Å². The third-order valence-corrected chi connectivity index (χ3v) is 1.35. The summed E-state index contributed by atoms with van der Waals surface area (Å²) in [6.07, 6.45) is 1.80. The highest BCUT2D eigenvalue weighted by Crippen LogP contribution is 2.01. The zero-order chi connectivity index (χ0) is 8.27. The first-order valence-corrected chi connectivity index (χ1v) is 3.51. The van der Waals surface area contributed by atoms with E-state index in [1.165, 1.54) is 0 Å². The predicted octanol–water partition coefficient (Wildman–Crippen LogP) is 0.338. The van der Waals surface area contributed by atoms with Gasteiger partial charge in [0, 0.05) is 6.04 Å². The zero-order valence-electron chi connectivity index (χ0n) is 6.65. The van der Waals surface area contributed by atoms with E-state index in [-0.39, 0.29) is 0 Å². The molecule has 0 saturated carbocycles. The molecule has 11 heavy (non-hydrogen) atoms. The van der Waals surface area contributed by atoms with Gasteiger partial charge in [0.1, 0.15) is 0 Å². The first-order valence-electron chi connectivity index (χ1n) is 3.51. The van der Waals surface area contributed by atoms with Gasteiger partial charge in [-0.15, -0.1) is 5.10 Å². The third-order valence-electron chi connectivity index (χ3n) is 1.35. The van der Waals surface area contributed by atoms with Gasteiger partial charge < -0.3 is 5.21 Å². The van der Waals surface area contributed by atoms with Crippen LogP contribution in [0.15, 0.2) is 6.20 Å². The van der Waals surface area contributed by atoms with Crippen molar-refractivity contribution < 1.29 is 5.21 Å². The maximum absolute atomic E-state index is 8.34. The summed E-state index contributed by atoms with van der Waals surface area (Å²) in [6, 6.07) is 0.315. The van der Waals surface area contributed by atoms with Crippen molar-refractivity contribution in [1.29, 1.82) is 0 Å². The molecule has 5 heteroatoms. The van der Waals surface area contributed by atoms with Crippen LogP contribution in [0.3, 0.4) is 0 Å². The Morgan fingerprint density at radius 2 is 2.45 bits per heavy atom. The molecule has 1 heterocycles. The fourth-order valence-corrected chi connectivity index (χ4v) is 0.728. The van der Waals surface area contributed by atoms with Crippen molar-refractivity contribution in [3.8, 4) is 0 Å². The van der Waals surface area contributed by atoms with Gasteiger partial charge in [0.05, 0.1) is 18.4 Å². The van der Waals surface area contributed by atoms with Crippen LogP contribution in [-0.2, 0) is 6.54 Å². The Labute approximate surface area is 65.0 Å². The largest absolute Gasteiger partial charge is 0.316 e. The molecule has 0 amide bonds. The lowest BCUT2D eigenvalue weighted by Crippen LogP contribution is -2.06. The summed E-state index contributed by atoms with van der Waals surface area (Å²) in [6.45, 7) is 4.38. The summed E-state index contributed by atoms with van der Waals surface area (Å²) >= 11 is 0. The van der Waals surface area contributed by atoms with Crippen LogP contribution in [0.2, 0.25) is 0 Å². The van der Waals surface area contributed by atoms with Crippen LogP contribution >= 0.6 is 0 Å². The molecule has 0 fully saturated rings. The fraction of sp³-hybridized carbons (Fsp3) is 0.667. The molecule has 0 radical (unpaired) electrons. The van der Waals surface area contributed by atoms with Crippen molar-refractivity contribution in [2.24, 2.45) is 0 Å². The number of nitrogens with zero attached hydrogens (tertiary/aromatic N) is 3. The van der Waals surface area contributed by atoms with E-state index in [9.17, 15) is 0 Å². The Morgan fingerprint density at radius 3 is 2.91 bits per heavy atom. The molecule has 0 aliphatic rings. The lowest BCUT2D eigenvalue weighted by Gasteiger charge is -2.00. The molecule has 1 aromatic rings. The predicted molar refractivity (Wildman–Crippen MR) is 39.0 cm³/mol. The molecule has 0 spiro atoms. The van der Waals surface area contributed by atoms with Crippen LogP contribution in [0.1, 0.15) is 25.6 Å². The molecule has 1 aromatic heterocycles. The molecule has 0 atom stereocenters. The molecule has 0 aliphatic heterocycles. The second-order valence-electron chi connectivity index (χ2n) is 2.62. The molecule has 0 unspecified atom stereocenters. The Kier molecular flexibility index (Phi) is 2.56.